The molecule has 5 heterocycles. The van der Waals surface area contributed by atoms with Gasteiger partial charge in [0.1, 0.15) is 17.2 Å². The van der Waals surface area contributed by atoms with Crippen molar-refractivity contribution in [1.82, 2.24) is 19.9 Å². The average Bonchev–Trinajstić information content (AvgIpc) is 3.08. The van der Waals surface area contributed by atoms with Crippen molar-refractivity contribution in [1.29, 1.82) is 0 Å². The summed E-state index contributed by atoms with van der Waals surface area (Å²) in [5.74, 6) is 2.32. The summed E-state index contributed by atoms with van der Waals surface area (Å²) in [7, 11) is 1.62. The summed E-state index contributed by atoms with van der Waals surface area (Å²) in [6, 6.07) is 12.9. The summed E-state index contributed by atoms with van der Waals surface area (Å²) in [6.45, 7) is 8.00. The summed E-state index contributed by atoms with van der Waals surface area (Å²) in [5.41, 5.74) is 2.77. The molecule has 11 heteroatoms. The zero-order valence-electron chi connectivity index (χ0n) is 24.9. The van der Waals surface area contributed by atoms with E-state index in [0.29, 0.717) is 54.2 Å². The molecule has 0 aliphatic carbocycles. The maximum Gasteiger partial charge on any atom is 0.187 e. The van der Waals surface area contributed by atoms with Gasteiger partial charge in [0.25, 0.3) is 0 Å². The molecule has 6 rings (SSSR count). The second-order valence-electron chi connectivity index (χ2n) is 10.7. The SMILES string of the molecule is COc1cc2c(Oc3ccc(CC(=O)c4cc(N5CCOCC5)ccn4)nc3)ccnc2cc1OCCCN1CCOCC1. The first-order chi connectivity index (χ1) is 21.7. The van der Waals surface area contributed by atoms with Crippen LogP contribution in [-0.4, -0.2) is 98.5 Å². The van der Waals surface area contributed by atoms with Crippen molar-refractivity contribution in [3.05, 3.63) is 72.4 Å². The molecule has 3 aromatic heterocycles. The maximum atomic E-state index is 13.0. The molecule has 0 N–H and O–H groups in total. The molecule has 11 nitrogen and oxygen atoms in total. The molecule has 44 heavy (non-hydrogen) atoms. The number of anilines is 1. The van der Waals surface area contributed by atoms with Gasteiger partial charge < -0.3 is 28.6 Å². The minimum atomic E-state index is -0.0902. The minimum Gasteiger partial charge on any atom is -0.493 e. The zero-order valence-corrected chi connectivity index (χ0v) is 24.9. The highest BCUT2D eigenvalue weighted by molar-refractivity contribution is 5.96. The highest BCUT2D eigenvalue weighted by atomic mass is 16.5. The predicted molar refractivity (Wildman–Crippen MR) is 165 cm³/mol. The smallest absolute Gasteiger partial charge is 0.187 e. The molecular weight excluding hydrogens is 562 g/mol. The fourth-order valence-electron chi connectivity index (χ4n) is 5.33. The van der Waals surface area contributed by atoms with Crippen LogP contribution in [0.1, 0.15) is 22.6 Å². The van der Waals surface area contributed by atoms with Gasteiger partial charge in [-0.15, -0.1) is 0 Å². The second kappa shape index (κ2) is 14.4. The van der Waals surface area contributed by atoms with Crippen LogP contribution in [0, 0.1) is 0 Å². The van der Waals surface area contributed by atoms with Crippen LogP contribution in [0.25, 0.3) is 10.9 Å². The molecule has 0 unspecified atom stereocenters. The lowest BCUT2D eigenvalue weighted by molar-refractivity contribution is 0.0357. The molecule has 1 aromatic carbocycles. The Morgan fingerprint density at radius 2 is 1.66 bits per heavy atom. The Morgan fingerprint density at radius 3 is 2.43 bits per heavy atom. The highest BCUT2D eigenvalue weighted by Gasteiger charge is 2.17. The van der Waals surface area contributed by atoms with E-state index in [2.05, 4.69) is 24.8 Å². The molecule has 4 aromatic rings. The van der Waals surface area contributed by atoms with Gasteiger partial charge in [-0.3, -0.25) is 24.6 Å². The monoisotopic (exact) mass is 599 g/mol. The molecule has 2 aliphatic heterocycles. The fraction of sp³-hybridized carbons (Fsp3) is 0.394. The van der Waals surface area contributed by atoms with E-state index >= 15 is 0 Å². The first-order valence-corrected chi connectivity index (χ1v) is 15.0. The summed E-state index contributed by atoms with van der Waals surface area (Å²) in [4.78, 5) is 30.9. The van der Waals surface area contributed by atoms with Crippen LogP contribution >= 0.6 is 0 Å². The molecule has 0 amide bonds. The van der Waals surface area contributed by atoms with E-state index in [4.69, 9.17) is 23.7 Å². The number of fused-ring (bicyclic) bond motifs is 1. The molecule has 2 saturated heterocycles. The van der Waals surface area contributed by atoms with Crippen LogP contribution in [0.5, 0.6) is 23.0 Å². The van der Waals surface area contributed by atoms with Gasteiger partial charge in [-0.1, -0.05) is 0 Å². The number of pyridine rings is 3. The van der Waals surface area contributed by atoms with Crippen LogP contribution in [-0.2, 0) is 15.9 Å². The van der Waals surface area contributed by atoms with Gasteiger partial charge in [0.15, 0.2) is 17.3 Å². The Morgan fingerprint density at radius 1 is 0.864 bits per heavy atom. The molecule has 0 saturated carbocycles. The number of benzene rings is 1. The van der Waals surface area contributed by atoms with E-state index in [-0.39, 0.29) is 12.2 Å². The first kappa shape index (κ1) is 29.7. The largest absolute Gasteiger partial charge is 0.493 e. The lowest BCUT2D eigenvalue weighted by Crippen LogP contribution is -2.37. The summed E-state index contributed by atoms with van der Waals surface area (Å²) in [6.07, 6.45) is 6.05. The van der Waals surface area contributed by atoms with Crippen LogP contribution < -0.4 is 19.1 Å². The number of Topliss-reactive ketones (excluding diaryl/α,β-unsaturated/α-hetero) is 1. The van der Waals surface area contributed by atoms with Gasteiger partial charge in [0, 0.05) is 68.0 Å². The number of ether oxygens (including phenoxy) is 5. The molecular formula is C33H37N5O6. The minimum absolute atomic E-state index is 0.0902. The van der Waals surface area contributed by atoms with E-state index in [0.717, 1.165) is 68.9 Å². The maximum absolute atomic E-state index is 13.0. The van der Waals surface area contributed by atoms with Crippen molar-refractivity contribution in [3.8, 4) is 23.0 Å². The van der Waals surface area contributed by atoms with Crippen LogP contribution in [0.15, 0.2) is 61.1 Å². The third-order valence-electron chi connectivity index (χ3n) is 7.74. The van der Waals surface area contributed by atoms with Crippen molar-refractivity contribution in [2.75, 3.05) is 77.8 Å². The van der Waals surface area contributed by atoms with Crippen LogP contribution in [0.2, 0.25) is 0 Å². The van der Waals surface area contributed by atoms with E-state index < -0.39 is 0 Å². The number of hydrogen-bond donors (Lipinski definition) is 0. The van der Waals surface area contributed by atoms with Crippen molar-refractivity contribution in [3.63, 3.8) is 0 Å². The van der Waals surface area contributed by atoms with Gasteiger partial charge in [0.2, 0.25) is 0 Å². The van der Waals surface area contributed by atoms with E-state index in [1.807, 2.05) is 30.3 Å². The second-order valence-corrected chi connectivity index (χ2v) is 10.7. The summed E-state index contributed by atoms with van der Waals surface area (Å²) in [5, 5.41) is 0.787. The molecule has 0 bridgehead atoms. The summed E-state index contributed by atoms with van der Waals surface area (Å²) >= 11 is 0. The van der Waals surface area contributed by atoms with Crippen LogP contribution in [0.3, 0.4) is 0 Å². The Hall–Kier alpha value is -4.32. The normalized spacial score (nSPS) is 15.7. The molecule has 0 spiro atoms. The number of morpholine rings is 2. The Bertz CT molecular complexity index is 1550. The molecule has 2 fully saturated rings. The average molecular weight is 600 g/mol. The third kappa shape index (κ3) is 7.42. The predicted octanol–water partition coefficient (Wildman–Crippen LogP) is 4.19. The standard InChI is InChI=1S/C33H37N5O6/c1-40-32-21-27-28(22-33(32)43-14-2-9-37-10-15-41-16-11-37)34-8-6-31(27)44-26-4-3-24(36-23-26)19-30(39)29-20-25(5-7-35-29)38-12-17-42-18-13-38/h3-8,20-23H,2,9-19H2,1H3. The topological polar surface area (TPSA) is 108 Å². The number of methoxy groups -OCH3 is 1. The number of ketones is 1. The van der Waals surface area contributed by atoms with E-state index in [9.17, 15) is 4.79 Å². The van der Waals surface area contributed by atoms with Gasteiger partial charge >= 0.3 is 0 Å². The van der Waals surface area contributed by atoms with Gasteiger partial charge in [-0.25, -0.2) is 0 Å². The lowest BCUT2D eigenvalue weighted by Gasteiger charge is -2.28. The van der Waals surface area contributed by atoms with Crippen LogP contribution in [0.4, 0.5) is 5.69 Å². The number of carbonyl (C=O) groups is 1. The molecule has 2 aliphatic rings. The quantitative estimate of drug-likeness (QED) is 0.173. The van der Waals surface area contributed by atoms with Crippen molar-refractivity contribution < 1.29 is 28.5 Å². The molecule has 0 radical (unpaired) electrons. The lowest BCUT2D eigenvalue weighted by atomic mass is 10.1. The number of hydrogen-bond acceptors (Lipinski definition) is 11. The van der Waals surface area contributed by atoms with Gasteiger partial charge in [-0.2, -0.15) is 0 Å². The zero-order chi connectivity index (χ0) is 30.1. The highest BCUT2D eigenvalue weighted by Crippen LogP contribution is 2.37. The first-order valence-electron chi connectivity index (χ1n) is 15.0. The summed E-state index contributed by atoms with van der Waals surface area (Å²) < 4.78 is 28.8. The fourth-order valence-corrected chi connectivity index (χ4v) is 5.33. The van der Waals surface area contributed by atoms with Crippen molar-refractivity contribution in [2.45, 2.75) is 12.8 Å². The van der Waals surface area contributed by atoms with Crippen molar-refractivity contribution >= 4 is 22.4 Å². The molecule has 0 atom stereocenters. The number of nitrogens with zero attached hydrogens (tertiary/aromatic N) is 5. The van der Waals surface area contributed by atoms with Gasteiger partial charge in [0.05, 0.1) is 58.3 Å². The Kier molecular flexibility index (Phi) is 9.76. The third-order valence-corrected chi connectivity index (χ3v) is 7.74. The Labute approximate surface area is 256 Å². The number of carbonyl (C=O) groups excluding carboxylic acids is 1. The van der Waals surface area contributed by atoms with E-state index in [1.165, 1.54) is 0 Å². The Balaban J connectivity index is 1.08. The number of rotatable bonds is 12. The number of aromatic nitrogens is 3. The van der Waals surface area contributed by atoms with Gasteiger partial charge in [-0.05, 0) is 42.8 Å². The van der Waals surface area contributed by atoms with Crippen molar-refractivity contribution in [2.24, 2.45) is 0 Å². The molecule has 230 valence electrons. The van der Waals surface area contributed by atoms with E-state index in [1.54, 1.807) is 37.8 Å².